The molecule has 0 aliphatic carbocycles. The van der Waals surface area contributed by atoms with E-state index in [2.05, 4.69) is 90.1 Å². The average molecular weight is 866 g/mol. The highest BCUT2D eigenvalue weighted by Crippen LogP contribution is 2.27. The van der Waals surface area contributed by atoms with Gasteiger partial charge in [-0.2, -0.15) is 0 Å². The van der Waals surface area contributed by atoms with Crippen LogP contribution in [-0.2, 0) is 25.7 Å². The first-order chi connectivity index (χ1) is 31.1. The Morgan fingerprint density at radius 1 is 0.349 bits per heavy atom. The molecule has 2 rings (SSSR count). The highest BCUT2D eigenvalue weighted by atomic mass is 14.8. The van der Waals surface area contributed by atoms with E-state index in [1.165, 1.54) is 242 Å². The number of allylic oxidation sites excluding steroid dienone is 2. The lowest BCUT2D eigenvalue weighted by Gasteiger charge is -2.14. The zero-order valence-corrected chi connectivity index (χ0v) is 43.1. The molecule has 0 fully saturated rings. The lowest BCUT2D eigenvalue weighted by atomic mass is 9.96. The third-order valence-electron chi connectivity index (χ3n) is 13.4. The van der Waals surface area contributed by atoms with Crippen LogP contribution < -0.4 is 0 Å². The lowest BCUT2D eigenvalue weighted by molar-refractivity contribution is 0.533. The third kappa shape index (κ3) is 28.9. The van der Waals surface area contributed by atoms with Gasteiger partial charge in [-0.1, -0.05) is 233 Å². The Balaban J connectivity index is 2.35. The molecule has 0 spiro atoms. The van der Waals surface area contributed by atoms with E-state index in [0.717, 1.165) is 42.8 Å². The van der Waals surface area contributed by atoms with E-state index in [9.17, 15) is 0 Å². The SMILES string of the molecule is CCCCCCCCCCCCCCCCC/C=C/C(=Nc1ccc(CCCCC)c(CCCCC)c1)C(CCCCCCCC)=Nc1ccc(CCCCC)c(CCCCC)c1. The molecule has 2 heteroatoms. The van der Waals surface area contributed by atoms with E-state index >= 15 is 0 Å². The molecule has 0 bridgehead atoms. The van der Waals surface area contributed by atoms with E-state index in [0.29, 0.717) is 0 Å². The first-order valence-corrected chi connectivity index (χ1v) is 28.2. The van der Waals surface area contributed by atoms with Crippen LogP contribution in [0.25, 0.3) is 0 Å². The van der Waals surface area contributed by atoms with Crippen LogP contribution in [0.3, 0.4) is 0 Å². The summed E-state index contributed by atoms with van der Waals surface area (Å²) in [6.45, 7) is 13.9. The summed E-state index contributed by atoms with van der Waals surface area (Å²) in [5.74, 6) is 0. The van der Waals surface area contributed by atoms with E-state index < -0.39 is 0 Å². The van der Waals surface area contributed by atoms with Crippen molar-refractivity contribution < 1.29 is 0 Å². The second kappa shape index (κ2) is 41.0. The molecular formula is C61H104N2. The standard InChI is InChI=1S/C61H104N2/c1-7-13-19-21-23-24-25-26-27-28-29-30-31-32-33-35-41-47-61(63-59-51-49-55(43-37-16-10-4)57(53-59)45-39-18-12-6)60(46-40-34-22-20-14-8-2)62-58-50-48-54(42-36-15-9-3)56(52-58)44-38-17-11-5/h41,47-53H,7-40,42-46H2,1-6H3/b47-41+,62-60?,63-61?. The Morgan fingerprint density at radius 2 is 0.683 bits per heavy atom. The van der Waals surface area contributed by atoms with E-state index in [1.54, 1.807) is 11.1 Å². The zero-order valence-electron chi connectivity index (χ0n) is 43.1. The van der Waals surface area contributed by atoms with E-state index in [-0.39, 0.29) is 0 Å². The fraction of sp³-hybridized carbons (Fsp3) is 0.738. The predicted octanol–water partition coefficient (Wildman–Crippen LogP) is 21.0. The van der Waals surface area contributed by atoms with Crippen LogP contribution in [0.5, 0.6) is 0 Å². The Morgan fingerprint density at radius 3 is 1.10 bits per heavy atom. The number of nitrogens with zero attached hydrogens (tertiary/aromatic N) is 2. The van der Waals surface area contributed by atoms with Crippen molar-refractivity contribution in [3.05, 3.63) is 70.8 Å². The average Bonchev–Trinajstić information content (AvgIpc) is 3.29. The summed E-state index contributed by atoms with van der Waals surface area (Å²) >= 11 is 0. The van der Waals surface area contributed by atoms with Crippen molar-refractivity contribution in [1.82, 2.24) is 0 Å². The number of hydrogen-bond acceptors (Lipinski definition) is 2. The zero-order chi connectivity index (χ0) is 45.3. The van der Waals surface area contributed by atoms with Crippen molar-refractivity contribution in [3.8, 4) is 0 Å². The summed E-state index contributed by atoms with van der Waals surface area (Å²) in [6, 6.07) is 14.4. The van der Waals surface area contributed by atoms with E-state index in [4.69, 9.17) is 9.98 Å². The molecule has 0 aliphatic heterocycles. The van der Waals surface area contributed by atoms with Crippen molar-refractivity contribution in [1.29, 1.82) is 0 Å². The number of hydrogen-bond donors (Lipinski definition) is 0. The highest BCUT2D eigenvalue weighted by Gasteiger charge is 2.12. The molecule has 63 heavy (non-hydrogen) atoms. The Labute approximate surface area is 393 Å². The van der Waals surface area contributed by atoms with Crippen molar-refractivity contribution in [3.63, 3.8) is 0 Å². The maximum atomic E-state index is 5.60. The minimum atomic E-state index is 0.982. The van der Waals surface area contributed by atoms with Gasteiger partial charge in [0, 0.05) is 0 Å². The van der Waals surface area contributed by atoms with Crippen LogP contribution >= 0.6 is 0 Å². The van der Waals surface area contributed by atoms with Crippen molar-refractivity contribution >= 4 is 22.8 Å². The summed E-state index contributed by atoms with van der Waals surface area (Å²) in [7, 11) is 0. The maximum Gasteiger partial charge on any atom is 0.0848 e. The highest BCUT2D eigenvalue weighted by molar-refractivity contribution is 6.47. The molecule has 358 valence electrons. The van der Waals surface area contributed by atoms with Crippen LogP contribution in [0.2, 0.25) is 0 Å². The van der Waals surface area contributed by atoms with Crippen LogP contribution in [0, 0.1) is 0 Å². The molecule has 0 amide bonds. The van der Waals surface area contributed by atoms with Gasteiger partial charge in [0.25, 0.3) is 0 Å². The van der Waals surface area contributed by atoms with Gasteiger partial charge in [0.05, 0.1) is 22.8 Å². The van der Waals surface area contributed by atoms with Crippen molar-refractivity contribution in [2.75, 3.05) is 0 Å². The molecule has 0 aliphatic rings. The van der Waals surface area contributed by atoms with Gasteiger partial charge >= 0.3 is 0 Å². The molecule has 0 radical (unpaired) electrons. The summed E-state index contributed by atoms with van der Waals surface area (Å²) < 4.78 is 0. The maximum absolute atomic E-state index is 5.60. The molecule has 0 saturated carbocycles. The summed E-state index contributed by atoms with van der Waals surface area (Å²) in [6.07, 6.45) is 55.8. The number of aliphatic imine (C=N–C) groups is 2. The first kappa shape index (κ1) is 56.6. The fourth-order valence-electron chi connectivity index (χ4n) is 9.21. The number of rotatable bonds is 43. The predicted molar refractivity (Wildman–Crippen MR) is 287 cm³/mol. The van der Waals surface area contributed by atoms with Gasteiger partial charge < -0.3 is 0 Å². The normalized spacial score (nSPS) is 12.3. The fourth-order valence-corrected chi connectivity index (χ4v) is 9.21. The minimum Gasteiger partial charge on any atom is -0.251 e. The first-order valence-electron chi connectivity index (χ1n) is 28.2. The topological polar surface area (TPSA) is 24.7 Å². The molecule has 0 unspecified atom stereocenters. The van der Waals surface area contributed by atoms with Gasteiger partial charge in [-0.3, -0.25) is 4.99 Å². The molecule has 2 aromatic carbocycles. The van der Waals surface area contributed by atoms with Gasteiger partial charge in [-0.05, 0) is 130 Å². The van der Waals surface area contributed by atoms with Crippen LogP contribution in [0.1, 0.15) is 289 Å². The smallest absolute Gasteiger partial charge is 0.0848 e. The molecule has 0 N–H and O–H groups in total. The molecule has 2 nitrogen and oxygen atoms in total. The molecule has 0 aromatic heterocycles. The van der Waals surface area contributed by atoms with Gasteiger partial charge in [0.2, 0.25) is 0 Å². The van der Waals surface area contributed by atoms with Crippen LogP contribution in [0.15, 0.2) is 58.5 Å². The molecule has 2 aromatic rings. The Kier molecular flexibility index (Phi) is 36.9. The summed E-state index contributed by atoms with van der Waals surface area (Å²) in [5.41, 5.74) is 10.6. The molecule has 0 heterocycles. The second-order valence-electron chi connectivity index (χ2n) is 19.4. The second-order valence-corrected chi connectivity index (χ2v) is 19.4. The monoisotopic (exact) mass is 865 g/mol. The van der Waals surface area contributed by atoms with Gasteiger partial charge in [-0.25, -0.2) is 4.99 Å². The van der Waals surface area contributed by atoms with Crippen molar-refractivity contribution in [2.45, 2.75) is 292 Å². The molecular weight excluding hydrogens is 761 g/mol. The van der Waals surface area contributed by atoms with Gasteiger partial charge in [0.1, 0.15) is 0 Å². The quantitative estimate of drug-likeness (QED) is 0.0469. The third-order valence-corrected chi connectivity index (χ3v) is 13.4. The number of aryl methyl sites for hydroxylation is 4. The van der Waals surface area contributed by atoms with E-state index in [1.807, 2.05) is 0 Å². The molecule has 0 atom stereocenters. The molecule has 0 saturated heterocycles. The number of unbranched alkanes of at least 4 members (excludes halogenated alkanes) is 28. The van der Waals surface area contributed by atoms with Crippen molar-refractivity contribution in [2.24, 2.45) is 9.98 Å². The largest absolute Gasteiger partial charge is 0.251 e. The Bertz CT molecular complexity index is 1440. The summed E-state index contributed by atoms with van der Waals surface area (Å²) in [4.78, 5) is 11.2. The van der Waals surface area contributed by atoms with Gasteiger partial charge in [0.15, 0.2) is 0 Å². The van der Waals surface area contributed by atoms with Gasteiger partial charge in [-0.15, -0.1) is 0 Å². The number of benzene rings is 2. The minimum absolute atomic E-state index is 0.982. The van der Waals surface area contributed by atoms with Crippen LogP contribution in [-0.4, -0.2) is 11.4 Å². The lowest BCUT2D eigenvalue weighted by Crippen LogP contribution is -2.12. The summed E-state index contributed by atoms with van der Waals surface area (Å²) in [5, 5.41) is 0. The van der Waals surface area contributed by atoms with Crippen LogP contribution in [0.4, 0.5) is 11.4 Å². The Hall–Kier alpha value is -2.48.